The van der Waals surface area contributed by atoms with Crippen LogP contribution in [0.15, 0.2) is 65.7 Å². The quantitative estimate of drug-likeness (QED) is 0.502. The van der Waals surface area contributed by atoms with E-state index in [0.29, 0.717) is 36.3 Å². The maximum absolute atomic E-state index is 12.9. The smallest absolute Gasteiger partial charge is 0.240 e. The number of amides is 1. The van der Waals surface area contributed by atoms with E-state index in [1.165, 1.54) is 12.8 Å². The highest BCUT2D eigenvalue weighted by molar-refractivity contribution is 7.89. The van der Waals surface area contributed by atoms with E-state index in [9.17, 15) is 13.2 Å². The molecule has 0 saturated heterocycles. The van der Waals surface area contributed by atoms with Crippen molar-refractivity contribution in [2.75, 3.05) is 28.7 Å². The lowest BCUT2D eigenvalue weighted by Gasteiger charge is -2.30. The zero-order valence-electron chi connectivity index (χ0n) is 20.2. The fourth-order valence-electron chi connectivity index (χ4n) is 4.80. The molecule has 0 bridgehead atoms. The average Bonchev–Trinajstić information content (AvgIpc) is 3.39. The van der Waals surface area contributed by atoms with Crippen molar-refractivity contribution in [2.45, 2.75) is 49.6 Å². The van der Waals surface area contributed by atoms with Gasteiger partial charge in [-0.05, 0) is 36.6 Å². The molecular formula is C26H30N6O3S. The summed E-state index contributed by atoms with van der Waals surface area (Å²) in [5, 5.41) is 3.15. The normalized spacial score (nSPS) is 16.6. The lowest BCUT2D eigenvalue weighted by atomic mass is 10.2. The molecule has 10 heteroatoms. The average molecular weight is 507 g/mol. The van der Waals surface area contributed by atoms with Crippen LogP contribution in [0.5, 0.6) is 0 Å². The van der Waals surface area contributed by atoms with Crippen LogP contribution in [0.25, 0.3) is 0 Å². The Hall–Kier alpha value is -3.50. The molecule has 3 aromatic rings. The molecule has 0 unspecified atom stereocenters. The molecule has 2 aromatic carbocycles. The van der Waals surface area contributed by atoms with Crippen LogP contribution in [0.4, 0.5) is 23.1 Å². The fourth-order valence-corrected chi connectivity index (χ4v) is 5.86. The SMILES string of the molecule is CN1C(=O)CCN(C2CCCC2)c2nc(Nc3cccc(S(=O)(=O)NCc4ccccc4)c3)ncc21. The van der Waals surface area contributed by atoms with Gasteiger partial charge in [-0.1, -0.05) is 49.2 Å². The van der Waals surface area contributed by atoms with Crippen molar-refractivity contribution in [2.24, 2.45) is 0 Å². The van der Waals surface area contributed by atoms with Crippen LogP contribution in [0, 0.1) is 0 Å². The van der Waals surface area contributed by atoms with Gasteiger partial charge in [0.2, 0.25) is 21.9 Å². The Morgan fingerprint density at radius 3 is 2.61 bits per heavy atom. The first-order valence-electron chi connectivity index (χ1n) is 12.2. The number of fused-ring (bicyclic) bond motifs is 1. The predicted octanol–water partition coefficient (Wildman–Crippen LogP) is 3.81. The van der Waals surface area contributed by atoms with Gasteiger partial charge >= 0.3 is 0 Å². The molecule has 1 aliphatic carbocycles. The van der Waals surface area contributed by atoms with Gasteiger partial charge in [0, 0.05) is 38.3 Å². The van der Waals surface area contributed by atoms with E-state index in [2.05, 4.69) is 19.9 Å². The second-order valence-corrected chi connectivity index (χ2v) is 11.0. The van der Waals surface area contributed by atoms with Crippen molar-refractivity contribution in [3.05, 3.63) is 66.4 Å². The van der Waals surface area contributed by atoms with E-state index in [4.69, 9.17) is 4.98 Å². The lowest BCUT2D eigenvalue weighted by molar-refractivity contribution is -0.118. The number of carbonyl (C=O) groups is 1. The minimum absolute atomic E-state index is 0.0435. The van der Waals surface area contributed by atoms with Crippen LogP contribution < -0.4 is 19.8 Å². The molecule has 2 N–H and O–H groups in total. The first kappa shape index (κ1) is 24.2. The molecule has 5 rings (SSSR count). The minimum atomic E-state index is -3.71. The zero-order chi connectivity index (χ0) is 25.1. The number of hydrogen-bond donors (Lipinski definition) is 2. The van der Waals surface area contributed by atoms with Crippen LogP contribution >= 0.6 is 0 Å². The summed E-state index contributed by atoms with van der Waals surface area (Å²) in [4.78, 5) is 25.8. The molecule has 2 heterocycles. The summed E-state index contributed by atoms with van der Waals surface area (Å²) in [7, 11) is -1.95. The molecule has 0 radical (unpaired) electrons. The lowest BCUT2D eigenvalue weighted by Crippen LogP contribution is -2.34. The summed E-state index contributed by atoms with van der Waals surface area (Å²) >= 11 is 0. The number of nitrogens with one attached hydrogen (secondary N) is 2. The van der Waals surface area contributed by atoms with Gasteiger partial charge in [-0.15, -0.1) is 0 Å². The molecule has 2 aliphatic rings. The number of anilines is 4. The van der Waals surface area contributed by atoms with Crippen molar-refractivity contribution in [3.8, 4) is 0 Å². The van der Waals surface area contributed by atoms with Crippen LogP contribution in [-0.2, 0) is 21.4 Å². The van der Waals surface area contributed by atoms with E-state index < -0.39 is 10.0 Å². The van der Waals surface area contributed by atoms with Crippen molar-refractivity contribution >= 4 is 39.1 Å². The molecule has 188 valence electrons. The standard InChI is InChI=1S/C26H30N6O3S/c1-31-23-18-27-26(30-25(23)32(15-14-24(31)33)21-11-5-6-12-21)29-20-10-7-13-22(16-20)36(34,35)28-17-19-8-3-2-4-9-19/h2-4,7-10,13,16,18,21,28H,5-6,11-12,14-15,17H2,1H3,(H,27,29,30). The topological polar surface area (TPSA) is 108 Å². The second-order valence-electron chi connectivity index (χ2n) is 9.20. The molecule has 1 fully saturated rings. The number of aromatic nitrogens is 2. The van der Waals surface area contributed by atoms with E-state index >= 15 is 0 Å². The molecule has 1 aromatic heterocycles. The van der Waals surface area contributed by atoms with Crippen molar-refractivity contribution < 1.29 is 13.2 Å². The number of rotatable bonds is 7. The maximum atomic E-state index is 12.9. The van der Waals surface area contributed by atoms with Gasteiger partial charge in [0.05, 0.1) is 11.1 Å². The Labute approximate surface area is 211 Å². The first-order chi connectivity index (χ1) is 17.4. The Kier molecular flexibility index (Phi) is 6.88. The summed E-state index contributed by atoms with van der Waals surface area (Å²) in [6, 6.07) is 16.3. The third kappa shape index (κ3) is 5.19. The first-order valence-corrected chi connectivity index (χ1v) is 13.7. The number of carbonyl (C=O) groups excluding carboxylic acids is 1. The van der Waals surface area contributed by atoms with Gasteiger partial charge in [-0.3, -0.25) is 4.79 Å². The predicted molar refractivity (Wildman–Crippen MR) is 140 cm³/mol. The minimum Gasteiger partial charge on any atom is -0.351 e. The van der Waals surface area contributed by atoms with Gasteiger partial charge in [0.15, 0.2) is 5.82 Å². The van der Waals surface area contributed by atoms with Gasteiger partial charge in [0.1, 0.15) is 5.69 Å². The van der Waals surface area contributed by atoms with Crippen LogP contribution in [0.2, 0.25) is 0 Å². The Morgan fingerprint density at radius 1 is 1.06 bits per heavy atom. The highest BCUT2D eigenvalue weighted by atomic mass is 32.2. The molecule has 1 amide bonds. The summed E-state index contributed by atoms with van der Waals surface area (Å²) < 4.78 is 28.4. The van der Waals surface area contributed by atoms with Gasteiger partial charge in [-0.25, -0.2) is 18.1 Å². The number of nitrogens with zero attached hydrogens (tertiary/aromatic N) is 4. The van der Waals surface area contributed by atoms with Crippen LogP contribution in [0.1, 0.15) is 37.7 Å². The van der Waals surface area contributed by atoms with Crippen LogP contribution in [0.3, 0.4) is 0 Å². The molecule has 0 spiro atoms. The Morgan fingerprint density at radius 2 is 1.83 bits per heavy atom. The van der Waals surface area contributed by atoms with Gasteiger partial charge in [0.25, 0.3) is 0 Å². The highest BCUT2D eigenvalue weighted by Crippen LogP contribution is 2.36. The third-order valence-corrected chi connectivity index (χ3v) is 8.20. The summed E-state index contributed by atoms with van der Waals surface area (Å²) in [5.41, 5.74) is 2.13. The van der Waals surface area contributed by atoms with Crippen LogP contribution in [-0.4, -0.2) is 43.9 Å². The molecule has 1 saturated carbocycles. The van der Waals surface area contributed by atoms with E-state index in [-0.39, 0.29) is 17.3 Å². The van der Waals surface area contributed by atoms with E-state index in [1.807, 2.05) is 30.3 Å². The van der Waals surface area contributed by atoms with E-state index in [0.717, 1.165) is 24.2 Å². The molecule has 0 atom stereocenters. The molecular weight excluding hydrogens is 476 g/mol. The molecule has 9 nitrogen and oxygen atoms in total. The Bertz CT molecular complexity index is 1340. The number of benzene rings is 2. The zero-order valence-corrected chi connectivity index (χ0v) is 21.0. The van der Waals surface area contributed by atoms with Crippen molar-refractivity contribution in [3.63, 3.8) is 0 Å². The van der Waals surface area contributed by atoms with Crippen molar-refractivity contribution in [1.29, 1.82) is 0 Å². The largest absolute Gasteiger partial charge is 0.351 e. The van der Waals surface area contributed by atoms with E-state index in [1.54, 1.807) is 42.4 Å². The number of hydrogen-bond acceptors (Lipinski definition) is 7. The van der Waals surface area contributed by atoms with Crippen molar-refractivity contribution in [1.82, 2.24) is 14.7 Å². The third-order valence-electron chi connectivity index (χ3n) is 6.80. The Balaban J connectivity index is 1.38. The highest BCUT2D eigenvalue weighted by Gasteiger charge is 2.31. The second kappa shape index (κ2) is 10.2. The summed E-state index contributed by atoms with van der Waals surface area (Å²) in [6.07, 6.45) is 6.62. The van der Waals surface area contributed by atoms with Gasteiger partial charge < -0.3 is 15.1 Å². The number of sulfonamides is 1. The van der Waals surface area contributed by atoms with Gasteiger partial charge in [-0.2, -0.15) is 4.98 Å². The monoisotopic (exact) mass is 506 g/mol. The molecule has 1 aliphatic heterocycles. The maximum Gasteiger partial charge on any atom is 0.240 e. The fraction of sp³-hybridized carbons (Fsp3) is 0.346. The summed E-state index contributed by atoms with van der Waals surface area (Å²) in [5.74, 6) is 1.13. The summed E-state index contributed by atoms with van der Waals surface area (Å²) in [6.45, 7) is 0.829. The molecule has 36 heavy (non-hydrogen) atoms.